The van der Waals surface area contributed by atoms with Crippen LogP contribution in [0.5, 0.6) is 0 Å². The van der Waals surface area contributed by atoms with Crippen LogP contribution in [0.2, 0.25) is 0 Å². The van der Waals surface area contributed by atoms with Gasteiger partial charge in [0.1, 0.15) is 0 Å². The van der Waals surface area contributed by atoms with Crippen molar-refractivity contribution in [1.82, 2.24) is 0 Å². The van der Waals surface area contributed by atoms with Crippen molar-refractivity contribution in [3.05, 3.63) is 0 Å². The maximum absolute atomic E-state index is 12.8. The van der Waals surface area contributed by atoms with E-state index >= 15 is 0 Å². The lowest BCUT2D eigenvalue weighted by molar-refractivity contribution is -0.418. The molecule has 0 spiro atoms. The summed E-state index contributed by atoms with van der Waals surface area (Å²) in [6.45, 7) is -5.55. The number of halogens is 9. The van der Waals surface area contributed by atoms with Gasteiger partial charge in [-0.15, -0.1) is 0 Å². The fourth-order valence-electron chi connectivity index (χ4n) is 0.731. The molecule has 0 aliphatic rings. The second-order valence-electron chi connectivity index (χ2n) is 3.01. The van der Waals surface area contributed by atoms with Gasteiger partial charge in [-0.2, -0.15) is 30.7 Å². The van der Waals surface area contributed by atoms with E-state index in [9.17, 15) is 44.3 Å². The molecule has 0 bridgehead atoms. The van der Waals surface area contributed by atoms with Crippen LogP contribution in [0.1, 0.15) is 0 Å². The number of hydrogen-bond acceptors (Lipinski definition) is 3. The van der Waals surface area contributed by atoms with E-state index in [1.807, 2.05) is 0 Å². The van der Waals surface area contributed by atoms with E-state index in [4.69, 9.17) is 0 Å². The highest BCUT2D eigenvalue weighted by Crippen LogP contribution is 2.34. The summed E-state index contributed by atoms with van der Waals surface area (Å²) in [6.07, 6.45) is -20.1. The fourth-order valence-corrected chi connectivity index (χ4v) is 0.731. The maximum atomic E-state index is 12.8. The van der Waals surface area contributed by atoms with Crippen molar-refractivity contribution >= 4 is 6.04 Å². The largest absolute Gasteiger partial charge is 0.396 e. The Morgan fingerprint density at radius 3 is 1.68 bits per heavy atom. The molecular formula is C7H5F9O3. The third-order valence-corrected chi connectivity index (χ3v) is 1.40. The van der Waals surface area contributed by atoms with Crippen LogP contribution in [0, 0.1) is 0 Å². The van der Waals surface area contributed by atoms with E-state index in [2.05, 4.69) is 9.47 Å². The molecule has 0 fully saturated rings. The Morgan fingerprint density at radius 1 is 0.947 bits per heavy atom. The number of alkyl halides is 8. The fraction of sp³-hybridized carbons (Fsp3) is 0.857. The zero-order valence-electron chi connectivity index (χ0n) is 8.62. The van der Waals surface area contributed by atoms with Crippen LogP contribution in [0.25, 0.3) is 0 Å². The van der Waals surface area contributed by atoms with E-state index in [1.54, 1.807) is 0 Å². The second-order valence-corrected chi connectivity index (χ2v) is 3.01. The quantitative estimate of drug-likeness (QED) is 0.511. The van der Waals surface area contributed by atoms with Gasteiger partial charge in [0.05, 0.1) is 0 Å². The molecule has 1 atom stereocenters. The molecule has 0 rings (SSSR count). The monoisotopic (exact) mass is 308 g/mol. The number of ether oxygens (including phenoxy) is 2. The molecule has 0 saturated carbocycles. The standard InChI is InChI=1S/C7H5F9O3/c8-1-5(11,12)18-3(4(10)17)7(15,16)19-6(13,14)2-9/h3H,1-2H2. The number of hydrogen-bond donors (Lipinski definition) is 0. The van der Waals surface area contributed by atoms with E-state index in [1.165, 1.54) is 0 Å². The topological polar surface area (TPSA) is 35.5 Å². The maximum Gasteiger partial charge on any atom is 0.396 e. The van der Waals surface area contributed by atoms with E-state index in [0.29, 0.717) is 0 Å². The van der Waals surface area contributed by atoms with Gasteiger partial charge < -0.3 is 0 Å². The van der Waals surface area contributed by atoms with Crippen LogP contribution in [0.3, 0.4) is 0 Å². The predicted molar refractivity (Wildman–Crippen MR) is 38.9 cm³/mol. The molecular weight excluding hydrogens is 303 g/mol. The van der Waals surface area contributed by atoms with Crippen LogP contribution < -0.4 is 0 Å². The van der Waals surface area contributed by atoms with Gasteiger partial charge in [0.15, 0.2) is 13.3 Å². The Bertz CT molecular complexity index is 319. The lowest BCUT2D eigenvalue weighted by atomic mass is 10.3. The summed E-state index contributed by atoms with van der Waals surface area (Å²) in [5, 5.41) is 0. The van der Waals surface area contributed by atoms with Crippen LogP contribution >= 0.6 is 0 Å². The average molecular weight is 308 g/mol. The number of carbonyl (C=O) groups excluding carboxylic acids is 1. The average Bonchev–Trinajstić information content (AvgIpc) is 2.24. The first-order valence-electron chi connectivity index (χ1n) is 4.19. The highest BCUT2D eigenvalue weighted by atomic mass is 19.3. The molecule has 0 heterocycles. The van der Waals surface area contributed by atoms with E-state index in [0.717, 1.165) is 0 Å². The highest BCUT2D eigenvalue weighted by molar-refractivity contribution is 5.74. The van der Waals surface area contributed by atoms with Crippen molar-refractivity contribution in [2.24, 2.45) is 0 Å². The first kappa shape index (κ1) is 18.0. The Kier molecular flexibility index (Phi) is 5.62. The summed E-state index contributed by atoms with van der Waals surface area (Å²) in [7, 11) is 0. The normalized spacial score (nSPS) is 15.4. The molecule has 0 aromatic carbocycles. The Labute approximate surface area is 98.8 Å². The summed E-state index contributed by atoms with van der Waals surface area (Å²) in [4.78, 5) is 10.0. The number of carbonyl (C=O) groups is 1. The van der Waals surface area contributed by atoms with Crippen molar-refractivity contribution in [3.8, 4) is 0 Å². The third-order valence-electron chi connectivity index (χ3n) is 1.40. The van der Waals surface area contributed by atoms with Crippen molar-refractivity contribution in [3.63, 3.8) is 0 Å². The molecule has 12 heteroatoms. The highest BCUT2D eigenvalue weighted by Gasteiger charge is 2.57. The van der Waals surface area contributed by atoms with Gasteiger partial charge in [-0.1, -0.05) is 0 Å². The van der Waals surface area contributed by atoms with Gasteiger partial charge in [0, 0.05) is 0 Å². The summed E-state index contributed by atoms with van der Waals surface area (Å²) >= 11 is 0. The lowest BCUT2D eigenvalue weighted by Crippen LogP contribution is -2.50. The molecule has 3 nitrogen and oxygen atoms in total. The molecule has 0 amide bonds. The van der Waals surface area contributed by atoms with Gasteiger partial charge >= 0.3 is 24.4 Å². The third kappa shape index (κ3) is 5.63. The summed E-state index contributed by atoms with van der Waals surface area (Å²) < 4.78 is 115. The van der Waals surface area contributed by atoms with Crippen molar-refractivity contribution in [2.45, 2.75) is 24.4 Å². The minimum Gasteiger partial charge on any atom is -0.295 e. The van der Waals surface area contributed by atoms with Gasteiger partial charge in [-0.25, -0.2) is 8.78 Å². The molecule has 19 heavy (non-hydrogen) atoms. The van der Waals surface area contributed by atoms with Crippen molar-refractivity contribution in [2.75, 3.05) is 13.3 Å². The molecule has 0 aliphatic carbocycles. The summed E-state index contributed by atoms with van der Waals surface area (Å²) in [5.41, 5.74) is 0. The summed E-state index contributed by atoms with van der Waals surface area (Å²) in [6, 6.07) is -3.34. The van der Waals surface area contributed by atoms with E-state index < -0.39 is 43.8 Å². The minimum atomic E-state index is -5.65. The SMILES string of the molecule is O=C(F)C(OC(F)(F)CF)C(F)(F)OC(F)(F)CF. The van der Waals surface area contributed by atoms with Gasteiger partial charge in [-0.05, 0) is 0 Å². The predicted octanol–water partition coefficient (Wildman–Crippen LogP) is 2.60. The van der Waals surface area contributed by atoms with Crippen LogP contribution in [0.15, 0.2) is 0 Å². The molecule has 0 aliphatic heterocycles. The summed E-state index contributed by atoms with van der Waals surface area (Å²) in [5.74, 6) is 0. The Balaban J connectivity index is 5.12. The molecule has 0 aromatic rings. The second kappa shape index (κ2) is 5.94. The first-order chi connectivity index (χ1) is 8.37. The first-order valence-corrected chi connectivity index (χ1v) is 4.19. The van der Waals surface area contributed by atoms with Crippen LogP contribution in [-0.4, -0.2) is 43.8 Å². The molecule has 0 aromatic heterocycles. The zero-order valence-corrected chi connectivity index (χ0v) is 8.62. The molecule has 0 N–H and O–H groups in total. The minimum absolute atomic E-state index is 2.41. The Morgan fingerprint density at radius 2 is 1.37 bits per heavy atom. The van der Waals surface area contributed by atoms with Crippen molar-refractivity contribution in [1.29, 1.82) is 0 Å². The van der Waals surface area contributed by atoms with Gasteiger partial charge in [-0.3, -0.25) is 14.3 Å². The molecule has 114 valence electrons. The lowest BCUT2D eigenvalue weighted by Gasteiger charge is -2.28. The molecule has 1 unspecified atom stereocenters. The Hall–Kier alpha value is -1.04. The smallest absolute Gasteiger partial charge is 0.295 e. The number of rotatable bonds is 8. The van der Waals surface area contributed by atoms with E-state index in [-0.39, 0.29) is 0 Å². The molecule has 0 saturated heterocycles. The van der Waals surface area contributed by atoms with Crippen LogP contribution in [0.4, 0.5) is 39.5 Å². The van der Waals surface area contributed by atoms with Gasteiger partial charge in [0.25, 0.3) is 0 Å². The zero-order chi connectivity index (χ0) is 15.5. The van der Waals surface area contributed by atoms with Gasteiger partial charge in [0.2, 0.25) is 6.10 Å². The van der Waals surface area contributed by atoms with Crippen molar-refractivity contribution < 1.29 is 53.8 Å². The van der Waals surface area contributed by atoms with Crippen LogP contribution in [-0.2, 0) is 14.3 Å². The molecule has 0 radical (unpaired) electrons.